The molecular formula is C11H9N3. The Hall–Kier alpha value is -2.08. The maximum Gasteiger partial charge on any atom is 0.234 e. The van der Waals surface area contributed by atoms with Crippen LogP contribution in [0.4, 0.5) is 5.69 Å². The van der Waals surface area contributed by atoms with Gasteiger partial charge in [0.15, 0.2) is 0 Å². The first kappa shape index (κ1) is 8.52. The van der Waals surface area contributed by atoms with Crippen molar-refractivity contribution >= 4 is 5.69 Å². The molecule has 14 heavy (non-hydrogen) atoms. The molecule has 3 nitrogen and oxygen atoms in total. The van der Waals surface area contributed by atoms with E-state index in [1.165, 1.54) is 0 Å². The van der Waals surface area contributed by atoms with Gasteiger partial charge in [-0.05, 0) is 12.5 Å². The number of H-pyrrole nitrogens is 1. The SMILES string of the molecule is [C-]#[N+]c1c(-c2ccccc2)n[nH]c1C. The summed E-state index contributed by atoms with van der Waals surface area (Å²) in [5, 5.41) is 6.94. The van der Waals surface area contributed by atoms with Gasteiger partial charge in [-0.15, -0.1) is 0 Å². The van der Waals surface area contributed by atoms with Gasteiger partial charge in [0, 0.05) is 5.69 Å². The van der Waals surface area contributed by atoms with Crippen LogP contribution in [0.5, 0.6) is 0 Å². The number of rotatable bonds is 1. The highest BCUT2D eigenvalue weighted by molar-refractivity contribution is 5.76. The van der Waals surface area contributed by atoms with Crippen LogP contribution in [0.3, 0.4) is 0 Å². The van der Waals surface area contributed by atoms with E-state index in [0.717, 1.165) is 17.0 Å². The van der Waals surface area contributed by atoms with E-state index in [-0.39, 0.29) is 0 Å². The van der Waals surface area contributed by atoms with E-state index in [0.29, 0.717) is 5.69 Å². The van der Waals surface area contributed by atoms with Crippen LogP contribution in [0, 0.1) is 13.5 Å². The molecule has 3 heteroatoms. The summed E-state index contributed by atoms with van der Waals surface area (Å²) < 4.78 is 0. The molecule has 1 heterocycles. The van der Waals surface area contributed by atoms with Crippen LogP contribution >= 0.6 is 0 Å². The van der Waals surface area contributed by atoms with Crippen molar-refractivity contribution in [2.75, 3.05) is 0 Å². The Labute approximate surface area is 82.2 Å². The first-order chi connectivity index (χ1) is 6.83. The lowest BCUT2D eigenvalue weighted by Crippen LogP contribution is -1.76. The molecule has 0 bridgehead atoms. The molecule has 68 valence electrons. The Kier molecular flexibility index (Phi) is 2.04. The zero-order valence-electron chi connectivity index (χ0n) is 7.78. The first-order valence-electron chi connectivity index (χ1n) is 4.31. The zero-order valence-corrected chi connectivity index (χ0v) is 7.78. The van der Waals surface area contributed by atoms with Crippen molar-refractivity contribution in [3.63, 3.8) is 0 Å². The molecule has 2 aromatic rings. The van der Waals surface area contributed by atoms with E-state index in [4.69, 9.17) is 6.57 Å². The molecule has 1 aromatic heterocycles. The van der Waals surface area contributed by atoms with Crippen molar-refractivity contribution in [1.29, 1.82) is 0 Å². The Morgan fingerprint density at radius 1 is 1.29 bits per heavy atom. The summed E-state index contributed by atoms with van der Waals surface area (Å²) in [7, 11) is 0. The Morgan fingerprint density at radius 3 is 2.64 bits per heavy atom. The first-order valence-corrected chi connectivity index (χ1v) is 4.31. The quantitative estimate of drug-likeness (QED) is 0.677. The molecule has 0 atom stereocenters. The second-order valence-electron chi connectivity index (χ2n) is 3.02. The largest absolute Gasteiger partial charge is 0.294 e. The number of hydrogen-bond acceptors (Lipinski definition) is 1. The Morgan fingerprint density at radius 2 is 2.00 bits per heavy atom. The van der Waals surface area contributed by atoms with Crippen molar-refractivity contribution in [2.24, 2.45) is 0 Å². The van der Waals surface area contributed by atoms with Crippen molar-refractivity contribution in [1.82, 2.24) is 10.2 Å². The molecule has 0 saturated heterocycles. The maximum absolute atomic E-state index is 7.06. The molecule has 0 spiro atoms. The maximum atomic E-state index is 7.06. The van der Waals surface area contributed by atoms with Gasteiger partial charge in [-0.25, -0.2) is 4.85 Å². The minimum Gasteiger partial charge on any atom is -0.294 e. The number of aromatic amines is 1. The van der Waals surface area contributed by atoms with Crippen LogP contribution in [0.1, 0.15) is 5.69 Å². The molecular weight excluding hydrogens is 174 g/mol. The lowest BCUT2D eigenvalue weighted by molar-refractivity contribution is 1.05. The standard InChI is InChI=1S/C11H9N3/c1-8-10(12-2)11(14-13-8)9-6-4-3-5-7-9/h3-7H,1H3,(H,13,14). The van der Waals surface area contributed by atoms with Crippen LogP contribution in [0.15, 0.2) is 30.3 Å². The molecule has 0 fully saturated rings. The van der Waals surface area contributed by atoms with Gasteiger partial charge in [-0.1, -0.05) is 30.3 Å². The predicted molar refractivity (Wildman–Crippen MR) is 55.0 cm³/mol. The van der Waals surface area contributed by atoms with Crippen molar-refractivity contribution < 1.29 is 0 Å². The fraction of sp³-hybridized carbons (Fsp3) is 0.0909. The summed E-state index contributed by atoms with van der Waals surface area (Å²) in [6, 6.07) is 9.72. The molecule has 2 rings (SSSR count). The summed E-state index contributed by atoms with van der Waals surface area (Å²) in [6.07, 6.45) is 0. The number of hydrogen-bond donors (Lipinski definition) is 1. The van der Waals surface area contributed by atoms with E-state index in [1.54, 1.807) is 0 Å². The number of nitrogens with one attached hydrogen (secondary N) is 1. The third-order valence-electron chi connectivity index (χ3n) is 2.07. The van der Waals surface area contributed by atoms with Crippen LogP contribution in [0.25, 0.3) is 16.1 Å². The average Bonchev–Trinajstić information content (AvgIpc) is 2.61. The van der Waals surface area contributed by atoms with Gasteiger partial charge in [0.05, 0.1) is 12.3 Å². The lowest BCUT2D eigenvalue weighted by Gasteiger charge is -1.95. The van der Waals surface area contributed by atoms with Crippen molar-refractivity contribution in [3.8, 4) is 11.3 Å². The highest BCUT2D eigenvalue weighted by Crippen LogP contribution is 2.30. The van der Waals surface area contributed by atoms with E-state index in [9.17, 15) is 0 Å². The molecule has 0 aliphatic rings. The molecule has 0 radical (unpaired) electrons. The molecule has 0 amide bonds. The van der Waals surface area contributed by atoms with Crippen LogP contribution in [0.2, 0.25) is 0 Å². The van der Waals surface area contributed by atoms with Crippen molar-refractivity contribution in [2.45, 2.75) is 6.92 Å². The minimum atomic E-state index is 0.608. The van der Waals surface area contributed by atoms with E-state index in [1.807, 2.05) is 37.3 Å². The number of aryl methyl sites for hydroxylation is 1. The topological polar surface area (TPSA) is 33.0 Å². The normalized spacial score (nSPS) is 9.71. The van der Waals surface area contributed by atoms with Gasteiger partial charge in [-0.2, -0.15) is 5.10 Å². The molecule has 1 aromatic carbocycles. The van der Waals surface area contributed by atoms with Gasteiger partial charge in [-0.3, -0.25) is 5.10 Å². The lowest BCUT2D eigenvalue weighted by atomic mass is 10.1. The Balaban J connectivity index is 2.59. The third kappa shape index (κ3) is 1.27. The third-order valence-corrected chi connectivity index (χ3v) is 2.07. The summed E-state index contributed by atoms with van der Waals surface area (Å²) in [4.78, 5) is 3.46. The van der Waals surface area contributed by atoms with Crippen molar-refractivity contribution in [3.05, 3.63) is 47.4 Å². The van der Waals surface area contributed by atoms with Gasteiger partial charge < -0.3 is 0 Å². The zero-order chi connectivity index (χ0) is 9.97. The Bertz CT molecular complexity index is 477. The summed E-state index contributed by atoms with van der Waals surface area (Å²) in [6.45, 7) is 8.91. The van der Waals surface area contributed by atoms with Gasteiger partial charge >= 0.3 is 0 Å². The highest BCUT2D eigenvalue weighted by Gasteiger charge is 2.10. The number of nitrogens with zero attached hydrogens (tertiary/aromatic N) is 2. The number of benzene rings is 1. The van der Waals surface area contributed by atoms with Crippen LogP contribution in [-0.2, 0) is 0 Å². The number of aromatic nitrogens is 2. The van der Waals surface area contributed by atoms with E-state index < -0.39 is 0 Å². The fourth-order valence-corrected chi connectivity index (χ4v) is 1.36. The van der Waals surface area contributed by atoms with Crippen LogP contribution in [-0.4, -0.2) is 10.2 Å². The smallest absolute Gasteiger partial charge is 0.234 e. The molecule has 0 unspecified atom stereocenters. The van der Waals surface area contributed by atoms with Gasteiger partial charge in [0.25, 0.3) is 0 Å². The molecule has 0 aliphatic heterocycles. The summed E-state index contributed by atoms with van der Waals surface area (Å²) in [5.74, 6) is 0. The van der Waals surface area contributed by atoms with Crippen LogP contribution < -0.4 is 0 Å². The van der Waals surface area contributed by atoms with E-state index in [2.05, 4.69) is 15.0 Å². The molecule has 1 N–H and O–H groups in total. The summed E-state index contributed by atoms with van der Waals surface area (Å²) in [5.41, 5.74) is 3.14. The second-order valence-corrected chi connectivity index (χ2v) is 3.02. The average molecular weight is 183 g/mol. The van der Waals surface area contributed by atoms with Gasteiger partial charge in [0.1, 0.15) is 0 Å². The predicted octanol–water partition coefficient (Wildman–Crippen LogP) is 2.94. The second kappa shape index (κ2) is 3.35. The monoisotopic (exact) mass is 183 g/mol. The molecule has 0 aliphatic carbocycles. The van der Waals surface area contributed by atoms with E-state index >= 15 is 0 Å². The molecule has 0 saturated carbocycles. The fourth-order valence-electron chi connectivity index (χ4n) is 1.36. The summed E-state index contributed by atoms with van der Waals surface area (Å²) >= 11 is 0. The highest BCUT2D eigenvalue weighted by atomic mass is 15.1. The van der Waals surface area contributed by atoms with Gasteiger partial charge in [0.2, 0.25) is 5.69 Å². The minimum absolute atomic E-state index is 0.608.